The summed E-state index contributed by atoms with van der Waals surface area (Å²) >= 11 is 12.1. The van der Waals surface area contributed by atoms with Crippen molar-refractivity contribution in [3.63, 3.8) is 0 Å². The minimum atomic E-state index is -0.439. The average Bonchev–Trinajstić information content (AvgIpc) is 3.13. The van der Waals surface area contributed by atoms with Gasteiger partial charge in [-0.1, -0.05) is 29.6 Å². The second-order valence-corrected chi connectivity index (χ2v) is 8.33. The number of rotatable bonds is 5. The van der Waals surface area contributed by atoms with Gasteiger partial charge in [0.15, 0.2) is 0 Å². The number of hydrogen-bond acceptors (Lipinski definition) is 4. The molecule has 5 nitrogen and oxygen atoms in total. The average molecular weight is 414 g/mol. The predicted octanol–water partition coefficient (Wildman–Crippen LogP) is 2.80. The largest absolute Gasteiger partial charge is 0.387 e. The number of carbonyl (C=O) groups excluding carboxylic acids is 1. The monoisotopic (exact) mass is 413 g/mol. The molecule has 3 aliphatic rings. The molecule has 150 valence electrons. The smallest absolute Gasteiger partial charge is 0.248 e. The van der Waals surface area contributed by atoms with Gasteiger partial charge < -0.3 is 15.3 Å². The Bertz CT molecular complexity index is 641. The third-order valence-corrected chi connectivity index (χ3v) is 6.59. The summed E-state index contributed by atoms with van der Waals surface area (Å²) in [7, 11) is 0. The quantitative estimate of drug-likeness (QED) is 0.680. The van der Waals surface area contributed by atoms with E-state index in [1.807, 2.05) is 6.08 Å². The Labute approximate surface area is 171 Å². The highest BCUT2D eigenvalue weighted by molar-refractivity contribution is 6.37. The van der Waals surface area contributed by atoms with Crippen LogP contribution in [0.15, 0.2) is 34.0 Å². The molecule has 3 unspecified atom stereocenters. The lowest BCUT2D eigenvalue weighted by Crippen LogP contribution is -2.54. The number of hydrogen-bond donors (Lipinski definition) is 2. The molecule has 0 spiro atoms. The molecule has 0 aromatic rings. The van der Waals surface area contributed by atoms with Crippen molar-refractivity contribution < 1.29 is 9.90 Å². The first-order valence-electron chi connectivity index (χ1n) is 9.80. The van der Waals surface area contributed by atoms with Crippen molar-refractivity contribution in [3.05, 3.63) is 34.0 Å². The summed E-state index contributed by atoms with van der Waals surface area (Å²) in [4.78, 5) is 16.4. The fourth-order valence-electron chi connectivity index (χ4n) is 4.67. The molecule has 0 aliphatic carbocycles. The number of nitrogens with one attached hydrogen (secondary N) is 1. The predicted molar refractivity (Wildman–Crippen MR) is 110 cm³/mol. The van der Waals surface area contributed by atoms with E-state index >= 15 is 0 Å². The maximum Gasteiger partial charge on any atom is 0.248 e. The third-order valence-electron chi connectivity index (χ3n) is 6.02. The Kier molecular flexibility index (Phi) is 7.26. The maximum atomic E-state index is 12.1. The molecule has 3 aliphatic heterocycles. The summed E-state index contributed by atoms with van der Waals surface area (Å²) < 4.78 is 0. The molecule has 0 aromatic heterocycles. The minimum Gasteiger partial charge on any atom is -0.387 e. The fraction of sp³-hybridized carbons (Fsp3) is 0.650. The molecule has 2 saturated heterocycles. The van der Waals surface area contributed by atoms with Crippen molar-refractivity contribution >= 4 is 29.1 Å². The Hall–Kier alpha value is -1.01. The molecule has 3 heterocycles. The Morgan fingerprint density at radius 2 is 2.07 bits per heavy atom. The van der Waals surface area contributed by atoms with Crippen LogP contribution in [0.25, 0.3) is 0 Å². The van der Waals surface area contributed by atoms with Crippen molar-refractivity contribution in [3.8, 4) is 0 Å². The van der Waals surface area contributed by atoms with Crippen LogP contribution in [0.3, 0.4) is 0 Å². The van der Waals surface area contributed by atoms with E-state index in [0.29, 0.717) is 17.6 Å². The molecular formula is C20H29Cl2N3O2. The standard InChI is InChI=1S/C20H29Cl2N3O2/c1-14-20-17(11-23-18(20)5-8-25(14)19(27)13-26)15(9-16(22)10-21)12-24-6-3-2-4-7-24/h9-11,14,18,20,23,26H,2-8,12-13H2,1H3/b15-9-,16-10-. The van der Waals surface area contributed by atoms with Crippen molar-refractivity contribution in [2.75, 3.05) is 32.8 Å². The summed E-state index contributed by atoms with van der Waals surface area (Å²) in [6, 6.07) is 0.328. The van der Waals surface area contributed by atoms with Crippen LogP contribution in [-0.4, -0.2) is 65.7 Å². The second kappa shape index (κ2) is 9.46. The maximum absolute atomic E-state index is 12.1. The highest BCUT2D eigenvalue weighted by Crippen LogP contribution is 2.38. The zero-order chi connectivity index (χ0) is 19.4. The number of halogens is 2. The summed E-state index contributed by atoms with van der Waals surface area (Å²) in [6.07, 6.45) is 8.67. The number of amides is 1. The van der Waals surface area contributed by atoms with Crippen LogP contribution in [0.2, 0.25) is 0 Å². The van der Waals surface area contributed by atoms with E-state index < -0.39 is 6.61 Å². The topological polar surface area (TPSA) is 55.8 Å². The molecule has 3 atom stereocenters. The number of aliphatic hydroxyl groups excluding tert-OH is 1. The zero-order valence-corrected chi connectivity index (χ0v) is 17.3. The van der Waals surface area contributed by atoms with Gasteiger partial charge in [-0.15, -0.1) is 0 Å². The van der Waals surface area contributed by atoms with Crippen molar-refractivity contribution in [1.82, 2.24) is 15.1 Å². The Morgan fingerprint density at radius 3 is 2.74 bits per heavy atom. The number of carbonyl (C=O) groups is 1. The van der Waals surface area contributed by atoms with Gasteiger partial charge in [-0.3, -0.25) is 9.69 Å². The van der Waals surface area contributed by atoms with E-state index in [2.05, 4.69) is 23.3 Å². The summed E-state index contributed by atoms with van der Waals surface area (Å²) in [6.45, 7) is 5.33. The summed E-state index contributed by atoms with van der Waals surface area (Å²) in [5.74, 6) is -0.0162. The molecule has 0 saturated carbocycles. The van der Waals surface area contributed by atoms with E-state index in [4.69, 9.17) is 23.2 Å². The van der Waals surface area contributed by atoms with Crippen LogP contribution in [0.4, 0.5) is 0 Å². The molecule has 2 fully saturated rings. The van der Waals surface area contributed by atoms with Crippen molar-refractivity contribution in [2.45, 2.75) is 44.7 Å². The zero-order valence-electron chi connectivity index (χ0n) is 15.8. The number of fused-ring (bicyclic) bond motifs is 1. The molecule has 0 aromatic carbocycles. The lowest BCUT2D eigenvalue weighted by molar-refractivity contribution is -0.138. The van der Waals surface area contributed by atoms with Crippen LogP contribution >= 0.6 is 23.2 Å². The number of piperidine rings is 2. The fourth-order valence-corrected chi connectivity index (χ4v) is 4.87. The van der Waals surface area contributed by atoms with Crippen LogP contribution in [-0.2, 0) is 4.79 Å². The lowest BCUT2D eigenvalue weighted by Gasteiger charge is -2.42. The first kappa shape index (κ1) is 20.7. The van der Waals surface area contributed by atoms with Crippen molar-refractivity contribution in [2.24, 2.45) is 5.92 Å². The lowest BCUT2D eigenvalue weighted by atomic mass is 9.79. The van der Waals surface area contributed by atoms with Gasteiger partial charge in [-0.05, 0) is 56.5 Å². The third kappa shape index (κ3) is 4.70. The van der Waals surface area contributed by atoms with Gasteiger partial charge in [-0.25, -0.2) is 0 Å². The molecule has 27 heavy (non-hydrogen) atoms. The molecule has 2 N–H and O–H groups in total. The second-order valence-electron chi connectivity index (χ2n) is 7.67. The number of nitrogens with zero attached hydrogens (tertiary/aromatic N) is 2. The molecule has 3 rings (SSSR count). The van der Waals surface area contributed by atoms with Gasteiger partial charge in [0.1, 0.15) is 6.61 Å². The van der Waals surface area contributed by atoms with Gasteiger partial charge >= 0.3 is 0 Å². The van der Waals surface area contributed by atoms with Crippen LogP contribution in [0.1, 0.15) is 32.6 Å². The van der Waals surface area contributed by atoms with E-state index in [1.54, 1.807) is 4.90 Å². The number of aliphatic hydroxyl groups is 1. The van der Waals surface area contributed by atoms with Gasteiger partial charge in [-0.2, -0.15) is 0 Å². The normalized spacial score (nSPS) is 30.0. The van der Waals surface area contributed by atoms with Crippen LogP contribution in [0, 0.1) is 5.92 Å². The molecule has 0 bridgehead atoms. The van der Waals surface area contributed by atoms with Gasteiger partial charge in [0, 0.05) is 42.8 Å². The molecule has 7 heteroatoms. The van der Waals surface area contributed by atoms with Crippen LogP contribution < -0.4 is 5.32 Å². The van der Waals surface area contributed by atoms with E-state index in [1.165, 1.54) is 30.4 Å². The first-order chi connectivity index (χ1) is 13.0. The highest BCUT2D eigenvalue weighted by atomic mass is 35.5. The summed E-state index contributed by atoms with van der Waals surface area (Å²) in [5, 5.41) is 13.3. The van der Waals surface area contributed by atoms with Gasteiger partial charge in [0.2, 0.25) is 5.91 Å². The Morgan fingerprint density at radius 1 is 1.33 bits per heavy atom. The van der Waals surface area contributed by atoms with Gasteiger partial charge in [0.05, 0.1) is 5.03 Å². The number of allylic oxidation sites excluding steroid dienone is 2. The van der Waals surface area contributed by atoms with E-state index in [0.717, 1.165) is 31.6 Å². The molecular weight excluding hydrogens is 385 g/mol. The molecule has 0 radical (unpaired) electrons. The summed E-state index contributed by atoms with van der Waals surface area (Å²) in [5.41, 5.74) is 3.75. The highest BCUT2D eigenvalue weighted by Gasteiger charge is 2.42. The minimum absolute atomic E-state index is 0.0214. The first-order valence-corrected chi connectivity index (χ1v) is 10.6. The van der Waals surface area contributed by atoms with Crippen LogP contribution in [0.5, 0.6) is 0 Å². The number of likely N-dealkylation sites (tertiary alicyclic amines) is 2. The Balaban J connectivity index is 1.84. The van der Waals surface area contributed by atoms with Gasteiger partial charge in [0.25, 0.3) is 0 Å². The van der Waals surface area contributed by atoms with E-state index in [-0.39, 0.29) is 17.9 Å². The molecule has 1 amide bonds. The van der Waals surface area contributed by atoms with Crippen molar-refractivity contribution in [1.29, 1.82) is 0 Å². The SMILES string of the molecule is CC1C2C(/C(=C\C(Cl)=C\Cl)CN3CCCCC3)=CNC2CCN1C(=O)CO. The van der Waals surface area contributed by atoms with E-state index in [9.17, 15) is 9.90 Å².